The number of carboxylic acids is 1. The van der Waals surface area contributed by atoms with E-state index in [0.29, 0.717) is 36.8 Å². The van der Waals surface area contributed by atoms with Gasteiger partial charge in [0, 0.05) is 6.04 Å². The molecular weight excluding hydrogens is 515 g/mol. The molecule has 202 valence electrons. The van der Waals surface area contributed by atoms with Crippen molar-refractivity contribution in [3.05, 3.63) is 94.8 Å². The number of aromatic carboxylic acids is 1. The zero-order valence-electron chi connectivity index (χ0n) is 20.5. The van der Waals surface area contributed by atoms with Crippen LogP contribution in [0.1, 0.15) is 64.9 Å². The summed E-state index contributed by atoms with van der Waals surface area (Å²) in [5, 5.41) is 12.3. The first-order valence-electron chi connectivity index (χ1n) is 12.6. The Labute approximate surface area is 221 Å². The number of carbonyl (C=O) groups excluding carboxylic acids is 1. The number of ether oxygens (including phenoxy) is 3. The summed E-state index contributed by atoms with van der Waals surface area (Å²) >= 11 is 0. The highest BCUT2D eigenvalue weighted by molar-refractivity contribution is 5.91. The second-order valence-electron chi connectivity index (χ2n) is 10.1. The molecule has 1 saturated carbocycles. The average Bonchev–Trinajstić information content (AvgIpc) is 3.66. The monoisotopic (exact) mass is 539 g/mol. The number of hydrogen-bond donors (Lipinski definition) is 2. The van der Waals surface area contributed by atoms with Crippen LogP contribution >= 0.6 is 0 Å². The molecule has 2 fully saturated rings. The first-order valence-corrected chi connectivity index (χ1v) is 12.6. The number of hydrogen-bond acceptors (Lipinski definition) is 5. The highest BCUT2D eigenvalue weighted by atomic mass is 19.3. The molecule has 1 amide bonds. The third kappa shape index (κ3) is 4.80. The molecule has 0 radical (unpaired) electrons. The van der Waals surface area contributed by atoms with E-state index in [1.54, 1.807) is 6.07 Å². The van der Waals surface area contributed by atoms with Crippen LogP contribution in [0.5, 0.6) is 11.5 Å². The molecular formula is C29H24F3NO6. The molecule has 10 heteroatoms. The third-order valence-corrected chi connectivity index (χ3v) is 7.57. The Morgan fingerprint density at radius 3 is 2.23 bits per heavy atom. The molecule has 7 nitrogen and oxygen atoms in total. The molecule has 3 aliphatic rings. The lowest BCUT2D eigenvalue weighted by atomic mass is 9.89. The summed E-state index contributed by atoms with van der Waals surface area (Å²) in [5.41, 5.74) is 0.615. The maximum Gasteiger partial charge on any atom is 0.586 e. The quantitative estimate of drug-likeness (QED) is 0.420. The van der Waals surface area contributed by atoms with Crippen molar-refractivity contribution in [2.75, 3.05) is 0 Å². The summed E-state index contributed by atoms with van der Waals surface area (Å²) in [6, 6.07) is 17.4. The van der Waals surface area contributed by atoms with E-state index >= 15 is 0 Å². The second-order valence-corrected chi connectivity index (χ2v) is 10.1. The highest BCUT2D eigenvalue weighted by Crippen LogP contribution is 2.52. The fourth-order valence-corrected chi connectivity index (χ4v) is 5.38. The maximum absolute atomic E-state index is 14.5. The van der Waals surface area contributed by atoms with Gasteiger partial charge in [-0.05, 0) is 66.6 Å². The Bertz CT molecular complexity index is 1440. The van der Waals surface area contributed by atoms with Crippen molar-refractivity contribution in [3.8, 4) is 11.5 Å². The minimum atomic E-state index is -3.74. The van der Waals surface area contributed by atoms with Crippen LogP contribution in [0.25, 0.3) is 0 Å². The van der Waals surface area contributed by atoms with Crippen molar-refractivity contribution >= 4 is 11.9 Å². The van der Waals surface area contributed by atoms with Crippen LogP contribution in [-0.4, -0.2) is 29.3 Å². The van der Waals surface area contributed by atoms with Gasteiger partial charge in [0.1, 0.15) is 5.82 Å². The van der Waals surface area contributed by atoms with Crippen molar-refractivity contribution in [1.82, 2.24) is 5.32 Å². The van der Waals surface area contributed by atoms with Gasteiger partial charge >= 0.3 is 12.3 Å². The lowest BCUT2D eigenvalue weighted by Gasteiger charge is -2.37. The van der Waals surface area contributed by atoms with Crippen molar-refractivity contribution in [2.24, 2.45) is 0 Å². The predicted molar refractivity (Wildman–Crippen MR) is 131 cm³/mol. The van der Waals surface area contributed by atoms with Crippen LogP contribution in [-0.2, 0) is 14.9 Å². The number of amides is 1. The van der Waals surface area contributed by atoms with Gasteiger partial charge in [-0.15, -0.1) is 8.78 Å². The zero-order valence-corrected chi connectivity index (χ0v) is 20.5. The Hall–Kier alpha value is -4.05. The van der Waals surface area contributed by atoms with Gasteiger partial charge in [0.05, 0.1) is 23.2 Å². The van der Waals surface area contributed by atoms with Crippen molar-refractivity contribution in [3.63, 3.8) is 0 Å². The third-order valence-electron chi connectivity index (χ3n) is 7.57. The molecule has 3 atom stereocenters. The molecule has 0 spiro atoms. The molecule has 0 aromatic heterocycles. The predicted octanol–water partition coefficient (Wildman–Crippen LogP) is 5.65. The Kier molecular flexibility index (Phi) is 6.02. The normalized spacial score (nSPS) is 24.1. The Balaban J connectivity index is 1.24. The average molecular weight is 540 g/mol. The van der Waals surface area contributed by atoms with Crippen LogP contribution in [0.4, 0.5) is 13.2 Å². The number of carboxylic acid groups (broad SMARTS) is 1. The van der Waals surface area contributed by atoms with E-state index < -0.39 is 41.3 Å². The van der Waals surface area contributed by atoms with Crippen LogP contribution < -0.4 is 14.8 Å². The smallest absolute Gasteiger partial charge is 0.478 e. The van der Waals surface area contributed by atoms with E-state index in [1.165, 1.54) is 24.3 Å². The molecule has 3 aromatic rings. The minimum absolute atomic E-state index is 0.0842. The van der Waals surface area contributed by atoms with E-state index in [4.69, 9.17) is 4.74 Å². The molecule has 6 rings (SSSR count). The van der Waals surface area contributed by atoms with E-state index in [1.807, 2.05) is 30.3 Å². The van der Waals surface area contributed by atoms with Crippen LogP contribution in [0, 0.1) is 5.82 Å². The van der Waals surface area contributed by atoms with Crippen molar-refractivity contribution in [2.45, 2.75) is 55.6 Å². The van der Waals surface area contributed by atoms with Gasteiger partial charge < -0.3 is 24.6 Å². The molecule has 0 bridgehead atoms. The summed E-state index contributed by atoms with van der Waals surface area (Å²) < 4.78 is 56.9. The number of rotatable bonds is 6. The number of halogens is 3. The van der Waals surface area contributed by atoms with Gasteiger partial charge in [-0.25, -0.2) is 9.18 Å². The first-order chi connectivity index (χ1) is 18.6. The second kappa shape index (κ2) is 9.30. The molecule has 3 aromatic carbocycles. The first kappa shape index (κ1) is 25.2. The minimum Gasteiger partial charge on any atom is -0.478 e. The molecule has 1 saturated heterocycles. The summed E-state index contributed by atoms with van der Waals surface area (Å²) in [6.45, 7) is 0. The molecule has 2 heterocycles. The fourth-order valence-electron chi connectivity index (χ4n) is 5.38. The van der Waals surface area contributed by atoms with Gasteiger partial charge in [0.15, 0.2) is 11.5 Å². The largest absolute Gasteiger partial charge is 0.586 e. The molecule has 39 heavy (non-hydrogen) atoms. The van der Waals surface area contributed by atoms with Gasteiger partial charge in [-0.1, -0.05) is 42.5 Å². The zero-order chi connectivity index (χ0) is 27.4. The number of alkyl halides is 2. The van der Waals surface area contributed by atoms with Gasteiger partial charge in [-0.3, -0.25) is 4.79 Å². The van der Waals surface area contributed by atoms with Gasteiger partial charge in [0.2, 0.25) is 5.91 Å². The number of fused-ring (bicyclic) bond motifs is 1. The number of nitrogens with one attached hydrogen (secondary N) is 1. The summed E-state index contributed by atoms with van der Waals surface area (Å²) in [5.74, 6) is -2.66. The Morgan fingerprint density at radius 2 is 1.56 bits per heavy atom. The van der Waals surface area contributed by atoms with Crippen molar-refractivity contribution in [1.29, 1.82) is 0 Å². The highest BCUT2D eigenvalue weighted by Gasteiger charge is 2.53. The molecule has 0 unspecified atom stereocenters. The van der Waals surface area contributed by atoms with Crippen molar-refractivity contribution < 1.29 is 42.1 Å². The number of benzene rings is 3. The van der Waals surface area contributed by atoms with Gasteiger partial charge in [0.25, 0.3) is 0 Å². The SMILES string of the molecule is O=C(O)c1ccc([C@H]2C[C@H](NC(=O)C3(c4ccc5c(c4)OC(F)(F)O5)CC3)C[C@@H](c3ccccc3)O2)cc1F. The van der Waals surface area contributed by atoms with E-state index in [2.05, 4.69) is 14.8 Å². The van der Waals surface area contributed by atoms with E-state index in [9.17, 15) is 27.9 Å². The number of carbonyl (C=O) groups is 2. The summed E-state index contributed by atoms with van der Waals surface area (Å²) in [6.07, 6.45) is -2.85. The maximum atomic E-state index is 14.5. The van der Waals surface area contributed by atoms with E-state index in [0.717, 1.165) is 11.6 Å². The lowest BCUT2D eigenvalue weighted by molar-refractivity contribution is -0.286. The fraction of sp³-hybridized carbons (Fsp3) is 0.310. The van der Waals surface area contributed by atoms with Crippen LogP contribution in [0.15, 0.2) is 66.7 Å². The van der Waals surface area contributed by atoms with Crippen LogP contribution in [0.3, 0.4) is 0 Å². The van der Waals surface area contributed by atoms with E-state index in [-0.39, 0.29) is 23.4 Å². The summed E-state index contributed by atoms with van der Waals surface area (Å²) in [4.78, 5) is 24.8. The standard InChI is InChI=1S/C29H24F3NO6/c30-21-12-17(6-8-20(21)26(34)35)24-15-19(14-23(37-24)16-4-2-1-3-5-16)33-27(36)28(10-11-28)18-7-9-22-25(13-18)39-29(31,32)38-22/h1-9,12-13,19,23-24H,10-11,14-15H2,(H,33,36)(H,34,35)/t19-,23+,24-/m1/s1. The topological polar surface area (TPSA) is 94.1 Å². The Morgan fingerprint density at radius 1 is 0.872 bits per heavy atom. The lowest BCUT2D eigenvalue weighted by Crippen LogP contribution is -2.45. The van der Waals surface area contributed by atoms with Crippen LogP contribution in [0.2, 0.25) is 0 Å². The van der Waals surface area contributed by atoms with Gasteiger partial charge in [-0.2, -0.15) is 0 Å². The molecule has 2 N–H and O–H groups in total. The molecule has 1 aliphatic carbocycles. The summed E-state index contributed by atoms with van der Waals surface area (Å²) in [7, 11) is 0. The molecule has 2 aliphatic heterocycles.